The van der Waals surface area contributed by atoms with Gasteiger partial charge in [-0.15, -0.1) is 0 Å². The number of benzene rings is 6. The average molecular weight is 466 g/mol. The van der Waals surface area contributed by atoms with Crippen molar-refractivity contribution in [3.8, 4) is 11.1 Å². The van der Waals surface area contributed by atoms with E-state index in [1.807, 2.05) is 36.4 Å². The molecule has 0 saturated heterocycles. The molecule has 0 unspecified atom stereocenters. The molecule has 1 heterocycles. The van der Waals surface area contributed by atoms with E-state index in [-0.39, 0.29) is 0 Å². The van der Waals surface area contributed by atoms with Crippen LogP contribution in [0.5, 0.6) is 0 Å². The van der Waals surface area contributed by atoms with Crippen molar-refractivity contribution in [2.24, 2.45) is 0 Å². The van der Waals surface area contributed by atoms with E-state index in [1.54, 1.807) is 0 Å². The Morgan fingerprint density at radius 1 is 0.444 bits per heavy atom. The second-order valence-electron chi connectivity index (χ2n) is 9.36. The summed E-state index contributed by atoms with van der Waals surface area (Å²) in [6, 6.07) is 44.7. The van der Waals surface area contributed by atoms with Gasteiger partial charge in [0, 0.05) is 22.0 Å². The third-order valence-corrected chi connectivity index (χ3v) is 6.51. The summed E-state index contributed by atoms with van der Waals surface area (Å²) in [6.45, 7) is 6.31. The van der Waals surface area contributed by atoms with Gasteiger partial charge in [-0.1, -0.05) is 138 Å². The minimum absolute atomic E-state index is 1.20. The van der Waals surface area contributed by atoms with Crippen LogP contribution in [-0.4, -0.2) is 0 Å². The van der Waals surface area contributed by atoms with Crippen molar-refractivity contribution >= 4 is 32.9 Å². The summed E-state index contributed by atoms with van der Waals surface area (Å²) in [5.74, 6) is 0. The molecule has 0 aromatic heterocycles. The molecule has 6 aromatic rings. The first kappa shape index (κ1) is 23.4. The van der Waals surface area contributed by atoms with Crippen molar-refractivity contribution in [3.05, 3.63) is 144 Å². The topological polar surface area (TPSA) is 12.0 Å². The van der Waals surface area contributed by atoms with Crippen LogP contribution in [0.2, 0.25) is 0 Å². The molecule has 1 heteroatoms. The highest BCUT2D eigenvalue weighted by molar-refractivity contribution is 6.16. The number of nitrogens with one attached hydrogen (secondary N) is 1. The lowest BCUT2D eigenvalue weighted by Gasteiger charge is -2.24. The number of rotatable bonds is 0. The maximum absolute atomic E-state index is 3.67. The van der Waals surface area contributed by atoms with E-state index >= 15 is 0 Å². The molecule has 0 amide bonds. The van der Waals surface area contributed by atoms with Crippen molar-refractivity contribution in [3.63, 3.8) is 0 Å². The van der Waals surface area contributed by atoms with Gasteiger partial charge in [0.15, 0.2) is 0 Å². The van der Waals surface area contributed by atoms with Crippen LogP contribution in [0.4, 0.5) is 11.4 Å². The summed E-state index contributed by atoms with van der Waals surface area (Å²) in [4.78, 5) is 0. The Labute approximate surface area is 214 Å². The fourth-order valence-electron chi connectivity index (χ4n) is 4.68. The Hall–Kier alpha value is -4.36. The standard InChI is InChI=1S/C21H15N.2C7H8/c1-13-8-10-16-15(12-13)9-11-18-17-6-2-4-14-5-3-7-19(20(14)17)22-21(16)18;2*1-7-5-3-2-4-6-7/h2-12,22H,1H3;2*2-6H,1H3. The Bertz CT molecular complexity index is 1570. The first-order valence-electron chi connectivity index (χ1n) is 12.5. The monoisotopic (exact) mass is 465 g/mol. The molecule has 1 nitrogen and oxygen atoms in total. The summed E-state index contributed by atoms with van der Waals surface area (Å²) < 4.78 is 0. The number of anilines is 2. The third kappa shape index (κ3) is 5.01. The molecule has 0 fully saturated rings. The Balaban J connectivity index is 0.000000156. The molecule has 1 N–H and O–H groups in total. The van der Waals surface area contributed by atoms with Crippen LogP contribution in [0.3, 0.4) is 0 Å². The molecule has 0 bridgehead atoms. The Morgan fingerprint density at radius 3 is 1.69 bits per heavy atom. The SMILES string of the molecule is Cc1ccc2c3c(ccc2c1)-c1cccc2cccc(c12)N3.Cc1ccccc1.Cc1ccccc1. The van der Waals surface area contributed by atoms with E-state index in [1.165, 1.54) is 60.7 Å². The maximum Gasteiger partial charge on any atom is 0.0543 e. The fraction of sp³-hybridized carbons (Fsp3) is 0.0857. The van der Waals surface area contributed by atoms with Crippen molar-refractivity contribution < 1.29 is 0 Å². The summed E-state index contributed by atoms with van der Waals surface area (Å²) >= 11 is 0. The minimum atomic E-state index is 1.20. The van der Waals surface area contributed by atoms with Gasteiger partial charge in [-0.2, -0.15) is 0 Å². The summed E-state index contributed by atoms with van der Waals surface area (Å²) in [5.41, 5.74) is 8.98. The minimum Gasteiger partial charge on any atom is -0.354 e. The number of fused-ring (bicyclic) bond motifs is 4. The van der Waals surface area contributed by atoms with Gasteiger partial charge in [0.05, 0.1) is 5.69 Å². The lowest BCUT2D eigenvalue weighted by molar-refractivity contribution is 1.48. The molecular weight excluding hydrogens is 434 g/mol. The number of hydrogen-bond donors (Lipinski definition) is 1. The molecule has 0 saturated carbocycles. The highest BCUT2D eigenvalue weighted by atomic mass is 14.9. The van der Waals surface area contributed by atoms with Crippen LogP contribution < -0.4 is 5.32 Å². The second-order valence-corrected chi connectivity index (χ2v) is 9.36. The molecule has 1 aliphatic rings. The van der Waals surface area contributed by atoms with Crippen molar-refractivity contribution in [1.29, 1.82) is 0 Å². The predicted molar refractivity (Wildman–Crippen MR) is 157 cm³/mol. The van der Waals surface area contributed by atoms with Gasteiger partial charge < -0.3 is 5.32 Å². The van der Waals surface area contributed by atoms with E-state index in [2.05, 4.69) is 117 Å². The Morgan fingerprint density at radius 2 is 1.08 bits per heavy atom. The summed E-state index contributed by atoms with van der Waals surface area (Å²) in [5, 5.41) is 8.86. The van der Waals surface area contributed by atoms with Crippen LogP contribution in [0, 0.1) is 20.8 Å². The maximum atomic E-state index is 3.67. The van der Waals surface area contributed by atoms with Gasteiger partial charge in [0.1, 0.15) is 0 Å². The second kappa shape index (κ2) is 10.5. The van der Waals surface area contributed by atoms with Gasteiger partial charge in [-0.3, -0.25) is 0 Å². The first-order chi connectivity index (χ1) is 17.6. The lowest BCUT2D eigenvalue weighted by atomic mass is 9.90. The van der Waals surface area contributed by atoms with E-state index < -0.39 is 0 Å². The lowest BCUT2D eigenvalue weighted by Crippen LogP contribution is -2.01. The average Bonchev–Trinajstić information content (AvgIpc) is 2.90. The summed E-state index contributed by atoms with van der Waals surface area (Å²) in [6.07, 6.45) is 0. The molecular formula is C35H31N. The van der Waals surface area contributed by atoms with E-state index in [0.717, 1.165) is 0 Å². The van der Waals surface area contributed by atoms with Gasteiger partial charge in [0.2, 0.25) is 0 Å². The quantitative estimate of drug-likeness (QED) is 0.235. The van der Waals surface area contributed by atoms with Crippen LogP contribution in [0.1, 0.15) is 16.7 Å². The molecule has 176 valence electrons. The zero-order valence-electron chi connectivity index (χ0n) is 21.1. The van der Waals surface area contributed by atoms with E-state index in [4.69, 9.17) is 0 Å². The van der Waals surface area contributed by atoms with Gasteiger partial charge in [-0.05, 0) is 43.2 Å². The molecule has 6 aromatic carbocycles. The largest absolute Gasteiger partial charge is 0.354 e. The molecule has 7 rings (SSSR count). The molecule has 0 radical (unpaired) electrons. The van der Waals surface area contributed by atoms with Crippen LogP contribution >= 0.6 is 0 Å². The highest BCUT2D eigenvalue weighted by Gasteiger charge is 2.19. The third-order valence-electron chi connectivity index (χ3n) is 6.51. The van der Waals surface area contributed by atoms with Crippen molar-refractivity contribution in [2.75, 3.05) is 5.32 Å². The van der Waals surface area contributed by atoms with Crippen LogP contribution in [-0.2, 0) is 0 Å². The van der Waals surface area contributed by atoms with Gasteiger partial charge in [0.25, 0.3) is 0 Å². The van der Waals surface area contributed by atoms with Crippen LogP contribution in [0.25, 0.3) is 32.7 Å². The number of aryl methyl sites for hydroxylation is 3. The molecule has 1 aliphatic heterocycles. The molecule has 0 spiro atoms. The van der Waals surface area contributed by atoms with E-state index in [0.29, 0.717) is 0 Å². The fourth-order valence-corrected chi connectivity index (χ4v) is 4.68. The van der Waals surface area contributed by atoms with Gasteiger partial charge in [-0.25, -0.2) is 0 Å². The summed E-state index contributed by atoms with van der Waals surface area (Å²) in [7, 11) is 0. The van der Waals surface area contributed by atoms with Gasteiger partial charge >= 0.3 is 0 Å². The van der Waals surface area contributed by atoms with Crippen molar-refractivity contribution in [2.45, 2.75) is 20.8 Å². The van der Waals surface area contributed by atoms with Crippen LogP contribution in [0.15, 0.2) is 127 Å². The first-order valence-corrected chi connectivity index (χ1v) is 12.5. The highest BCUT2D eigenvalue weighted by Crippen LogP contribution is 2.46. The molecule has 0 aliphatic carbocycles. The van der Waals surface area contributed by atoms with Crippen molar-refractivity contribution in [1.82, 2.24) is 0 Å². The number of hydrogen-bond acceptors (Lipinski definition) is 1. The molecule has 36 heavy (non-hydrogen) atoms. The normalized spacial score (nSPS) is 10.9. The smallest absolute Gasteiger partial charge is 0.0543 e. The zero-order valence-corrected chi connectivity index (χ0v) is 21.1. The zero-order chi connectivity index (χ0) is 24.9. The predicted octanol–water partition coefficient (Wildman–Crippen LogP) is 10.0. The molecule has 0 atom stereocenters. The van der Waals surface area contributed by atoms with E-state index in [9.17, 15) is 0 Å². The Kier molecular flexibility index (Phi) is 6.82.